The lowest BCUT2D eigenvalue weighted by Gasteiger charge is -2.19. The molecule has 3 aromatic rings. The lowest BCUT2D eigenvalue weighted by atomic mass is 9.98. The molecule has 8 heteroatoms. The fourth-order valence-electron chi connectivity index (χ4n) is 4.09. The SMILES string of the molecule is NNC(=O)c1ccc(C(O)C(O)CNC(=O)OCC2c3ccccc3-c3ccccc32)cc1. The van der Waals surface area contributed by atoms with Gasteiger partial charge in [-0.15, -0.1) is 0 Å². The van der Waals surface area contributed by atoms with Gasteiger partial charge in [-0.05, 0) is 39.9 Å². The lowest BCUT2D eigenvalue weighted by Crippen LogP contribution is -2.36. The molecule has 0 heterocycles. The van der Waals surface area contributed by atoms with Gasteiger partial charge in [-0.25, -0.2) is 10.6 Å². The van der Waals surface area contributed by atoms with Gasteiger partial charge in [0.15, 0.2) is 0 Å². The Morgan fingerprint density at radius 2 is 1.48 bits per heavy atom. The maximum atomic E-state index is 12.3. The number of nitrogens with two attached hydrogens (primary N) is 1. The Morgan fingerprint density at radius 3 is 2.06 bits per heavy atom. The molecular weight excluding hydrogens is 422 g/mol. The van der Waals surface area contributed by atoms with Gasteiger partial charge in [-0.2, -0.15) is 0 Å². The molecular formula is C25H25N3O5. The number of aliphatic hydroxyl groups excluding tert-OH is 2. The average Bonchev–Trinajstić information content (AvgIpc) is 3.18. The van der Waals surface area contributed by atoms with Crippen molar-refractivity contribution in [3.63, 3.8) is 0 Å². The number of hydrogen-bond donors (Lipinski definition) is 5. The Labute approximate surface area is 191 Å². The summed E-state index contributed by atoms with van der Waals surface area (Å²) in [6, 6.07) is 22.0. The van der Waals surface area contributed by atoms with Gasteiger partial charge in [0, 0.05) is 18.0 Å². The van der Waals surface area contributed by atoms with E-state index >= 15 is 0 Å². The molecule has 33 heavy (non-hydrogen) atoms. The third-order valence-corrected chi connectivity index (χ3v) is 5.81. The normalized spacial score (nSPS) is 14.0. The molecule has 0 spiro atoms. The number of ether oxygens (including phenoxy) is 1. The van der Waals surface area contributed by atoms with E-state index in [1.807, 2.05) is 41.8 Å². The quantitative estimate of drug-likeness (QED) is 0.214. The Balaban J connectivity index is 1.31. The van der Waals surface area contributed by atoms with E-state index in [4.69, 9.17) is 10.6 Å². The van der Waals surface area contributed by atoms with Gasteiger partial charge in [0.1, 0.15) is 18.8 Å². The molecule has 0 bridgehead atoms. The number of rotatable bonds is 7. The largest absolute Gasteiger partial charge is 0.449 e. The Hall–Kier alpha value is -3.72. The van der Waals surface area contributed by atoms with Crippen LogP contribution in [0.25, 0.3) is 11.1 Å². The number of nitrogens with one attached hydrogen (secondary N) is 2. The van der Waals surface area contributed by atoms with Crippen LogP contribution in [0.15, 0.2) is 72.8 Å². The highest BCUT2D eigenvalue weighted by atomic mass is 16.5. The van der Waals surface area contributed by atoms with Crippen LogP contribution in [-0.2, 0) is 4.74 Å². The van der Waals surface area contributed by atoms with Gasteiger partial charge < -0.3 is 20.3 Å². The summed E-state index contributed by atoms with van der Waals surface area (Å²) >= 11 is 0. The second-order valence-corrected chi connectivity index (χ2v) is 7.81. The molecule has 0 saturated heterocycles. The zero-order chi connectivity index (χ0) is 23.4. The molecule has 170 valence electrons. The minimum Gasteiger partial charge on any atom is -0.449 e. The number of fused-ring (bicyclic) bond motifs is 3. The Morgan fingerprint density at radius 1 is 0.909 bits per heavy atom. The molecule has 0 aromatic heterocycles. The third kappa shape index (κ3) is 4.73. The van der Waals surface area contributed by atoms with Crippen LogP contribution >= 0.6 is 0 Å². The number of benzene rings is 3. The number of carbonyl (C=O) groups is 2. The average molecular weight is 447 g/mol. The summed E-state index contributed by atoms with van der Waals surface area (Å²) < 4.78 is 5.43. The van der Waals surface area contributed by atoms with Crippen molar-refractivity contribution >= 4 is 12.0 Å². The van der Waals surface area contributed by atoms with Gasteiger partial charge in [0.25, 0.3) is 5.91 Å². The number of hydrazine groups is 1. The van der Waals surface area contributed by atoms with Crippen molar-refractivity contribution in [3.8, 4) is 11.1 Å². The van der Waals surface area contributed by atoms with E-state index in [-0.39, 0.29) is 19.1 Å². The third-order valence-electron chi connectivity index (χ3n) is 5.81. The van der Waals surface area contributed by atoms with Crippen LogP contribution in [0, 0.1) is 0 Å². The van der Waals surface area contributed by atoms with Crippen LogP contribution < -0.4 is 16.6 Å². The second-order valence-electron chi connectivity index (χ2n) is 7.81. The van der Waals surface area contributed by atoms with Crippen LogP contribution in [0.3, 0.4) is 0 Å². The lowest BCUT2D eigenvalue weighted by molar-refractivity contribution is 0.0185. The molecule has 1 aliphatic carbocycles. The molecule has 4 rings (SSSR count). The smallest absolute Gasteiger partial charge is 0.407 e. The molecule has 3 aromatic carbocycles. The fourth-order valence-corrected chi connectivity index (χ4v) is 4.09. The van der Waals surface area contributed by atoms with E-state index in [1.165, 1.54) is 24.3 Å². The zero-order valence-corrected chi connectivity index (χ0v) is 17.8. The number of aliphatic hydroxyl groups is 2. The van der Waals surface area contributed by atoms with E-state index in [9.17, 15) is 19.8 Å². The van der Waals surface area contributed by atoms with E-state index in [0.717, 1.165) is 22.3 Å². The van der Waals surface area contributed by atoms with E-state index in [2.05, 4.69) is 17.4 Å². The summed E-state index contributed by atoms with van der Waals surface area (Å²) in [5, 5.41) is 23.1. The minimum atomic E-state index is -1.26. The summed E-state index contributed by atoms with van der Waals surface area (Å²) in [5.74, 6) is 4.56. The van der Waals surface area contributed by atoms with Crippen molar-refractivity contribution in [2.45, 2.75) is 18.1 Å². The van der Waals surface area contributed by atoms with Gasteiger partial charge in [-0.3, -0.25) is 10.2 Å². The zero-order valence-electron chi connectivity index (χ0n) is 17.8. The monoisotopic (exact) mass is 447 g/mol. The van der Waals surface area contributed by atoms with Gasteiger partial charge in [-0.1, -0.05) is 60.7 Å². The molecule has 8 nitrogen and oxygen atoms in total. The number of hydrogen-bond acceptors (Lipinski definition) is 6. The summed E-state index contributed by atoms with van der Waals surface area (Å²) in [6.45, 7) is -0.0495. The molecule has 0 fully saturated rings. The highest BCUT2D eigenvalue weighted by Gasteiger charge is 2.29. The van der Waals surface area contributed by atoms with E-state index in [1.54, 1.807) is 0 Å². The first-order chi connectivity index (χ1) is 16.0. The summed E-state index contributed by atoms with van der Waals surface area (Å²) in [7, 11) is 0. The first-order valence-corrected chi connectivity index (χ1v) is 10.6. The highest BCUT2D eigenvalue weighted by Crippen LogP contribution is 2.44. The van der Waals surface area contributed by atoms with Crippen molar-refractivity contribution in [3.05, 3.63) is 95.1 Å². The summed E-state index contributed by atoms with van der Waals surface area (Å²) in [5.41, 5.74) is 7.21. The van der Waals surface area contributed by atoms with E-state index in [0.29, 0.717) is 11.1 Å². The summed E-state index contributed by atoms with van der Waals surface area (Å²) in [4.78, 5) is 23.7. The van der Waals surface area contributed by atoms with Crippen molar-refractivity contribution in [2.75, 3.05) is 13.2 Å². The molecule has 2 amide bonds. The van der Waals surface area contributed by atoms with Crippen molar-refractivity contribution < 1.29 is 24.5 Å². The number of amides is 2. The standard InChI is InChI=1S/C25H25N3O5/c26-28-24(31)16-11-9-15(10-12-16)23(30)22(29)13-27-25(32)33-14-21-19-7-3-1-5-17(19)18-6-2-4-8-20(18)21/h1-12,21-23,29-30H,13-14,26H2,(H,27,32)(H,28,31). The molecule has 0 saturated carbocycles. The molecule has 0 radical (unpaired) electrons. The first kappa shape index (κ1) is 22.5. The van der Waals surface area contributed by atoms with Crippen LogP contribution in [-0.4, -0.2) is 41.5 Å². The fraction of sp³-hybridized carbons (Fsp3) is 0.200. The number of nitrogen functional groups attached to an aromatic ring is 1. The topological polar surface area (TPSA) is 134 Å². The maximum absolute atomic E-state index is 12.3. The molecule has 0 aliphatic heterocycles. The van der Waals surface area contributed by atoms with Crippen molar-refractivity contribution in [1.82, 2.24) is 10.7 Å². The minimum absolute atomic E-state index is 0.0668. The Kier molecular flexibility index (Phi) is 6.69. The predicted octanol–water partition coefficient (Wildman–Crippen LogP) is 2.22. The van der Waals surface area contributed by atoms with E-state index < -0.39 is 24.2 Å². The second kappa shape index (κ2) is 9.83. The summed E-state index contributed by atoms with van der Waals surface area (Å²) in [6.07, 6.45) is -3.20. The van der Waals surface area contributed by atoms with Crippen molar-refractivity contribution in [2.24, 2.45) is 5.84 Å². The number of carbonyl (C=O) groups excluding carboxylic acids is 2. The van der Waals surface area contributed by atoms with Crippen LogP contribution in [0.2, 0.25) is 0 Å². The van der Waals surface area contributed by atoms with Gasteiger partial charge >= 0.3 is 6.09 Å². The maximum Gasteiger partial charge on any atom is 0.407 e. The number of alkyl carbamates (subject to hydrolysis) is 1. The molecule has 6 N–H and O–H groups in total. The van der Waals surface area contributed by atoms with Gasteiger partial charge in [0.2, 0.25) is 0 Å². The highest BCUT2D eigenvalue weighted by molar-refractivity contribution is 5.93. The van der Waals surface area contributed by atoms with Crippen LogP contribution in [0.1, 0.15) is 39.1 Å². The van der Waals surface area contributed by atoms with Crippen molar-refractivity contribution in [1.29, 1.82) is 0 Å². The van der Waals surface area contributed by atoms with Gasteiger partial charge in [0.05, 0.1) is 0 Å². The predicted molar refractivity (Wildman–Crippen MR) is 122 cm³/mol. The van der Waals surface area contributed by atoms with Crippen LogP contribution in [0.4, 0.5) is 4.79 Å². The van der Waals surface area contributed by atoms with Crippen LogP contribution in [0.5, 0.6) is 0 Å². The first-order valence-electron chi connectivity index (χ1n) is 10.6. The molecule has 2 unspecified atom stereocenters. The molecule has 2 atom stereocenters. The Bertz CT molecular complexity index is 1100. The molecule has 1 aliphatic rings.